The van der Waals surface area contributed by atoms with Crippen molar-refractivity contribution in [3.05, 3.63) is 28.3 Å². The number of aliphatic imine (C=N–C) groups is 1. The molecule has 17 heavy (non-hydrogen) atoms. The van der Waals surface area contributed by atoms with Gasteiger partial charge in [0.15, 0.2) is 0 Å². The molecular weight excluding hydrogens is 259 g/mol. The van der Waals surface area contributed by atoms with Crippen molar-refractivity contribution in [1.82, 2.24) is 0 Å². The molecule has 0 saturated heterocycles. The first-order valence-electron chi connectivity index (χ1n) is 4.37. The van der Waals surface area contributed by atoms with Crippen LogP contribution in [0.1, 0.15) is 11.1 Å². The van der Waals surface area contributed by atoms with Gasteiger partial charge in [-0.3, -0.25) is 0 Å². The van der Waals surface area contributed by atoms with Gasteiger partial charge in [-0.2, -0.15) is 13.2 Å². The first kappa shape index (κ1) is 13.5. The van der Waals surface area contributed by atoms with Crippen LogP contribution in [0.3, 0.4) is 0 Å². The van der Waals surface area contributed by atoms with E-state index in [1.165, 1.54) is 12.1 Å². The normalized spacial score (nSPS) is 10.9. The molecule has 0 aliphatic carbocycles. The number of rotatable bonds is 3. The van der Waals surface area contributed by atoms with E-state index >= 15 is 0 Å². The Morgan fingerprint density at radius 2 is 2.12 bits per heavy atom. The highest BCUT2D eigenvalue weighted by Crippen LogP contribution is 2.40. The lowest BCUT2D eigenvalue weighted by Crippen LogP contribution is -2.09. The maximum atomic E-state index is 12.7. The van der Waals surface area contributed by atoms with Gasteiger partial charge in [-0.25, -0.2) is 9.79 Å². The van der Waals surface area contributed by atoms with Crippen molar-refractivity contribution < 1.29 is 22.7 Å². The van der Waals surface area contributed by atoms with E-state index in [0.29, 0.717) is 0 Å². The Morgan fingerprint density at radius 1 is 1.47 bits per heavy atom. The molecule has 0 aliphatic rings. The van der Waals surface area contributed by atoms with Crippen LogP contribution in [-0.2, 0) is 17.5 Å². The Bertz CT molecular complexity index is 467. The van der Waals surface area contributed by atoms with Gasteiger partial charge in [0, 0.05) is 10.6 Å². The summed E-state index contributed by atoms with van der Waals surface area (Å²) in [6.45, 7) is -0.268. The number of alkyl halides is 3. The molecule has 0 saturated carbocycles. The maximum absolute atomic E-state index is 12.7. The van der Waals surface area contributed by atoms with E-state index < -0.39 is 11.7 Å². The van der Waals surface area contributed by atoms with Crippen LogP contribution >= 0.6 is 11.6 Å². The van der Waals surface area contributed by atoms with Crippen LogP contribution in [0, 0.1) is 0 Å². The van der Waals surface area contributed by atoms with E-state index in [0.717, 1.165) is 13.2 Å². The van der Waals surface area contributed by atoms with Crippen LogP contribution in [-0.4, -0.2) is 13.2 Å². The summed E-state index contributed by atoms with van der Waals surface area (Å²) in [5, 5.41) is -0.103. The molecule has 1 aromatic carbocycles. The fourth-order valence-corrected chi connectivity index (χ4v) is 1.58. The number of nitrogens with zero attached hydrogens (tertiary/aromatic N) is 1. The summed E-state index contributed by atoms with van der Waals surface area (Å²) >= 11 is 5.57. The fraction of sp³-hybridized carbons (Fsp3) is 0.300. The lowest BCUT2D eigenvalue weighted by molar-refractivity contribution is -0.138. The first-order chi connectivity index (χ1) is 7.90. The van der Waals surface area contributed by atoms with Crippen molar-refractivity contribution in [2.45, 2.75) is 12.7 Å². The summed E-state index contributed by atoms with van der Waals surface area (Å²) < 4.78 is 42.7. The van der Waals surface area contributed by atoms with E-state index in [-0.39, 0.29) is 22.9 Å². The van der Waals surface area contributed by atoms with Gasteiger partial charge in [0.05, 0.1) is 19.2 Å². The second-order valence-electron chi connectivity index (χ2n) is 3.05. The van der Waals surface area contributed by atoms with Gasteiger partial charge in [-0.15, -0.1) is 0 Å². The van der Waals surface area contributed by atoms with Crippen molar-refractivity contribution in [3.63, 3.8) is 0 Å². The number of isocyanates is 1. The Labute approximate surface area is 99.9 Å². The minimum Gasteiger partial charge on any atom is -0.496 e. The number of ether oxygens (including phenoxy) is 1. The summed E-state index contributed by atoms with van der Waals surface area (Å²) in [5.74, 6) is -0.388. The Morgan fingerprint density at radius 3 is 2.59 bits per heavy atom. The maximum Gasteiger partial charge on any atom is 0.420 e. The van der Waals surface area contributed by atoms with Crippen molar-refractivity contribution >= 4 is 17.7 Å². The Balaban J connectivity index is 3.40. The van der Waals surface area contributed by atoms with Gasteiger partial charge in [0.1, 0.15) is 5.75 Å². The zero-order valence-electron chi connectivity index (χ0n) is 8.64. The van der Waals surface area contributed by atoms with E-state index in [1.807, 2.05) is 0 Å². The van der Waals surface area contributed by atoms with Gasteiger partial charge in [-0.05, 0) is 12.1 Å². The lowest BCUT2D eigenvalue weighted by Gasteiger charge is -2.15. The molecule has 7 heteroatoms. The zero-order valence-corrected chi connectivity index (χ0v) is 9.39. The van der Waals surface area contributed by atoms with Crippen LogP contribution in [0.5, 0.6) is 5.75 Å². The molecule has 92 valence electrons. The standard InChI is InChI=1S/C10H7ClF3NO2/c1-17-9-6(4-15-5-16)2-7(11)3-8(9)10(12,13)14/h2-3H,4H2,1H3. The molecule has 0 N–H and O–H groups in total. The van der Waals surface area contributed by atoms with Crippen molar-refractivity contribution in [2.75, 3.05) is 7.11 Å². The molecule has 0 aromatic heterocycles. The summed E-state index contributed by atoms with van der Waals surface area (Å²) in [4.78, 5) is 13.2. The Kier molecular flexibility index (Phi) is 4.15. The second kappa shape index (κ2) is 5.21. The van der Waals surface area contributed by atoms with Crippen molar-refractivity contribution in [1.29, 1.82) is 0 Å². The molecular formula is C10H7ClF3NO2. The monoisotopic (exact) mass is 265 g/mol. The average molecular weight is 266 g/mol. The number of hydrogen-bond donors (Lipinski definition) is 0. The topological polar surface area (TPSA) is 38.7 Å². The summed E-state index contributed by atoms with van der Waals surface area (Å²) in [5.41, 5.74) is -0.917. The molecule has 0 spiro atoms. The number of methoxy groups -OCH3 is 1. The van der Waals surface area contributed by atoms with Gasteiger partial charge < -0.3 is 4.74 Å². The molecule has 0 heterocycles. The van der Waals surface area contributed by atoms with Gasteiger partial charge in [0.25, 0.3) is 0 Å². The highest BCUT2D eigenvalue weighted by Gasteiger charge is 2.35. The van der Waals surface area contributed by atoms with E-state index in [1.54, 1.807) is 0 Å². The zero-order chi connectivity index (χ0) is 13.1. The van der Waals surface area contributed by atoms with E-state index in [2.05, 4.69) is 9.73 Å². The molecule has 0 bridgehead atoms. The quantitative estimate of drug-likeness (QED) is 0.622. The average Bonchev–Trinajstić information content (AvgIpc) is 2.24. The lowest BCUT2D eigenvalue weighted by atomic mass is 10.1. The predicted molar refractivity (Wildman–Crippen MR) is 54.8 cm³/mol. The minimum absolute atomic E-state index is 0.0793. The van der Waals surface area contributed by atoms with Crippen molar-refractivity contribution in [3.8, 4) is 5.75 Å². The van der Waals surface area contributed by atoms with Crippen LogP contribution in [0.2, 0.25) is 5.02 Å². The number of halogens is 4. The molecule has 0 aliphatic heterocycles. The molecule has 0 unspecified atom stereocenters. The molecule has 0 amide bonds. The third-order valence-corrected chi connectivity index (χ3v) is 2.17. The molecule has 0 radical (unpaired) electrons. The van der Waals surface area contributed by atoms with Gasteiger partial charge in [0.2, 0.25) is 6.08 Å². The predicted octanol–water partition coefficient (Wildman–Crippen LogP) is 3.20. The number of carbonyl (C=O) groups excluding carboxylic acids is 1. The summed E-state index contributed by atoms with van der Waals surface area (Å²) in [7, 11) is 1.10. The van der Waals surface area contributed by atoms with Crippen LogP contribution in [0.4, 0.5) is 13.2 Å². The third-order valence-electron chi connectivity index (χ3n) is 1.95. The molecule has 0 fully saturated rings. The van der Waals surface area contributed by atoms with Gasteiger partial charge in [-0.1, -0.05) is 11.6 Å². The third kappa shape index (κ3) is 3.22. The minimum atomic E-state index is -4.59. The number of hydrogen-bond acceptors (Lipinski definition) is 3. The smallest absolute Gasteiger partial charge is 0.420 e. The largest absolute Gasteiger partial charge is 0.496 e. The van der Waals surface area contributed by atoms with Crippen molar-refractivity contribution in [2.24, 2.45) is 4.99 Å². The van der Waals surface area contributed by atoms with E-state index in [4.69, 9.17) is 11.6 Å². The van der Waals surface area contributed by atoms with Crippen LogP contribution in [0.25, 0.3) is 0 Å². The fourth-order valence-electron chi connectivity index (χ4n) is 1.34. The first-order valence-corrected chi connectivity index (χ1v) is 4.75. The summed E-state index contributed by atoms with van der Waals surface area (Å²) in [6.07, 6.45) is -3.35. The molecule has 1 aromatic rings. The van der Waals surface area contributed by atoms with Crippen LogP contribution in [0.15, 0.2) is 17.1 Å². The highest BCUT2D eigenvalue weighted by atomic mass is 35.5. The van der Waals surface area contributed by atoms with Crippen LogP contribution < -0.4 is 4.74 Å². The Hall–Kier alpha value is -1.52. The second-order valence-corrected chi connectivity index (χ2v) is 3.49. The molecule has 3 nitrogen and oxygen atoms in total. The number of benzene rings is 1. The van der Waals surface area contributed by atoms with Gasteiger partial charge >= 0.3 is 6.18 Å². The van der Waals surface area contributed by atoms with E-state index in [9.17, 15) is 18.0 Å². The molecule has 1 rings (SSSR count). The SMILES string of the molecule is COc1c(CN=C=O)cc(Cl)cc1C(F)(F)F. The highest BCUT2D eigenvalue weighted by molar-refractivity contribution is 6.30. The summed E-state index contributed by atoms with van der Waals surface area (Å²) in [6, 6.07) is 2.02. The molecule has 0 atom stereocenters.